The molecule has 3 aromatic heterocycles. The fourth-order valence-electron chi connectivity index (χ4n) is 4.51. The van der Waals surface area contributed by atoms with Crippen LogP contribution in [0.2, 0.25) is 0 Å². The van der Waals surface area contributed by atoms with E-state index >= 15 is 0 Å². The molecule has 5 rings (SSSR count). The molecule has 1 aromatic carbocycles. The van der Waals surface area contributed by atoms with Crippen molar-refractivity contribution in [2.24, 2.45) is 5.92 Å². The lowest BCUT2D eigenvalue weighted by Gasteiger charge is -2.25. The van der Waals surface area contributed by atoms with Gasteiger partial charge in [-0.1, -0.05) is 31.9 Å². The first-order valence-electron chi connectivity index (χ1n) is 9.94. The van der Waals surface area contributed by atoms with Crippen LogP contribution < -0.4 is 10.5 Å². The summed E-state index contributed by atoms with van der Waals surface area (Å²) in [5, 5.41) is 1.09. The number of hydrogen-bond acceptors (Lipinski definition) is 4. The quantitative estimate of drug-likeness (QED) is 0.541. The summed E-state index contributed by atoms with van der Waals surface area (Å²) in [6.45, 7) is 2.34. The third-order valence-corrected chi connectivity index (χ3v) is 6.08. The Hall–Kier alpha value is -3.02. The van der Waals surface area contributed by atoms with Crippen LogP contribution in [-0.2, 0) is 0 Å². The maximum atomic E-state index is 6.30. The number of H-pyrrole nitrogens is 1. The van der Waals surface area contributed by atoms with Gasteiger partial charge in [0, 0.05) is 23.7 Å². The molecule has 3 heterocycles. The van der Waals surface area contributed by atoms with E-state index in [2.05, 4.69) is 33.4 Å². The summed E-state index contributed by atoms with van der Waals surface area (Å²) in [5.41, 5.74) is 9.94. The first-order chi connectivity index (χ1) is 13.7. The second kappa shape index (κ2) is 6.55. The maximum absolute atomic E-state index is 6.30. The zero-order chi connectivity index (χ0) is 19.3. The lowest BCUT2D eigenvalue weighted by molar-refractivity contribution is 0.339. The van der Waals surface area contributed by atoms with Crippen LogP contribution in [0.1, 0.15) is 44.3 Å². The molecule has 1 aliphatic carbocycles. The Morgan fingerprint density at radius 1 is 1.21 bits per heavy atom. The monoisotopic (exact) mass is 375 g/mol. The number of nitrogens with zero attached hydrogens (tertiary/aromatic N) is 3. The largest absolute Gasteiger partial charge is 0.495 e. The highest BCUT2D eigenvalue weighted by atomic mass is 16.5. The smallest absolute Gasteiger partial charge is 0.150 e. The van der Waals surface area contributed by atoms with E-state index in [1.54, 1.807) is 13.3 Å². The van der Waals surface area contributed by atoms with Gasteiger partial charge < -0.3 is 15.5 Å². The van der Waals surface area contributed by atoms with E-state index in [4.69, 9.17) is 15.5 Å². The third-order valence-electron chi connectivity index (χ3n) is 6.08. The lowest BCUT2D eigenvalue weighted by atomic mass is 9.82. The fourth-order valence-corrected chi connectivity index (χ4v) is 4.51. The summed E-state index contributed by atoms with van der Waals surface area (Å²) in [6.07, 6.45) is 8.58. The maximum Gasteiger partial charge on any atom is 0.150 e. The van der Waals surface area contributed by atoms with E-state index in [-0.39, 0.29) is 0 Å². The van der Waals surface area contributed by atoms with Crippen molar-refractivity contribution in [1.29, 1.82) is 0 Å². The van der Waals surface area contributed by atoms with E-state index in [1.807, 2.05) is 18.3 Å². The molecule has 0 atom stereocenters. The first-order valence-corrected chi connectivity index (χ1v) is 9.94. The minimum absolute atomic E-state index is 0.457. The van der Waals surface area contributed by atoms with Gasteiger partial charge in [0.2, 0.25) is 0 Å². The standard InChI is InChI=1S/C22H25N5O/c1-13-6-8-14(9-7-13)22-26-19(20-21(23)24-10-11-27(20)22)16-12-15-4-3-5-17(28-2)18(15)25-16/h3-5,10-14,25H,6-9H2,1-2H3,(H2,23,24). The van der Waals surface area contributed by atoms with Gasteiger partial charge in [0.05, 0.1) is 18.3 Å². The fraction of sp³-hybridized carbons (Fsp3) is 0.364. The van der Waals surface area contributed by atoms with Crippen molar-refractivity contribution in [2.75, 3.05) is 12.8 Å². The van der Waals surface area contributed by atoms with Gasteiger partial charge in [0.1, 0.15) is 28.6 Å². The number of para-hydroxylation sites is 1. The van der Waals surface area contributed by atoms with E-state index in [1.165, 1.54) is 25.7 Å². The normalized spacial score (nSPS) is 20.1. The van der Waals surface area contributed by atoms with Crippen molar-refractivity contribution in [3.05, 3.63) is 42.5 Å². The van der Waals surface area contributed by atoms with Crippen LogP contribution in [0.25, 0.3) is 27.8 Å². The molecule has 0 aliphatic heterocycles. The number of hydrogen-bond donors (Lipinski definition) is 2. The van der Waals surface area contributed by atoms with Gasteiger partial charge in [-0.25, -0.2) is 9.97 Å². The summed E-state index contributed by atoms with van der Waals surface area (Å²) in [7, 11) is 1.69. The number of rotatable bonds is 3. The summed E-state index contributed by atoms with van der Waals surface area (Å²) in [5.74, 6) is 3.68. The second-order valence-corrected chi connectivity index (χ2v) is 7.91. The molecule has 0 spiro atoms. The molecule has 3 N–H and O–H groups in total. The molecule has 0 amide bonds. The number of aromatic nitrogens is 4. The summed E-state index contributed by atoms with van der Waals surface area (Å²) in [6, 6.07) is 8.13. The Balaban J connectivity index is 1.70. The summed E-state index contributed by atoms with van der Waals surface area (Å²) < 4.78 is 7.64. The Morgan fingerprint density at radius 2 is 2.04 bits per heavy atom. The molecule has 6 heteroatoms. The molecule has 28 heavy (non-hydrogen) atoms. The SMILES string of the molecule is COc1cccc2cc(-c3nc(C4CCC(C)CC4)n4ccnc(N)c34)[nH]c12. The first kappa shape index (κ1) is 17.1. The molecule has 0 radical (unpaired) electrons. The van der Waals surface area contributed by atoms with Gasteiger partial charge in [-0.05, 0) is 30.9 Å². The van der Waals surface area contributed by atoms with Crippen LogP contribution >= 0.6 is 0 Å². The van der Waals surface area contributed by atoms with Gasteiger partial charge in [-0.15, -0.1) is 0 Å². The summed E-state index contributed by atoms with van der Waals surface area (Å²) >= 11 is 0. The van der Waals surface area contributed by atoms with Crippen molar-refractivity contribution in [3.63, 3.8) is 0 Å². The molecule has 6 nitrogen and oxygen atoms in total. The Morgan fingerprint density at radius 3 is 2.82 bits per heavy atom. The molecule has 4 aromatic rings. The zero-order valence-corrected chi connectivity index (χ0v) is 16.3. The average molecular weight is 375 g/mol. The highest BCUT2D eigenvalue weighted by molar-refractivity contribution is 5.93. The molecular formula is C22H25N5O. The molecule has 1 aliphatic rings. The topological polar surface area (TPSA) is 81.2 Å². The van der Waals surface area contributed by atoms with Crippen LogP contribution in [0, 0.1) is 5.92 Å². The Bertz CT molecular complexity index is 1150. The molecule has 0 saturated heterocycles. The number of benzene rings is 1. The van der Waals surface area contributed by atoms with Crippen LogP contribution in [0.3, 0.4) is 0 Å². The van der Waals surface area contributed by atoms with Crippen molar-refractivity contribution in [2.45, 2.75) is 38.5 Å². The van der Waals surface area contributed by atoms with Crippen molar-refractivity contribution in [1.82, 2.24) is 19.4 Å². The molecule has 1 saturated carbocycles. The van der Waals surface area contributed by atoms with Crippen molar-refractivity contribution < 1.29 is 4.74 Å². The Kier molecular flexibility index (Phi) is 4.00. The van der Waals surface area contributed by atoms with Gasteiger partial charge in [-0.3, -0.25) is 4.40 Å². The number of anilines is 1. The van der Waals surface area contributed by atoms with Crippen molar-refractivity contribution in [3.8, 4) is 17.1 Å². The number of nitrogens with one attached hydrogen (secondary N) is 1. The predicted octanol–water partition coefficient (Wildman–Crippen LogP) is 4.76. The van der Waals surface area contributed by atoms with E-state index in [0.29, 0.717) is 11.7 Å². The van der Waals surface area contributed by atoms with E-state index < -0.39 is 0 Å². The minimum atomic E-state index is 0.457. The number of methoxy groups -OCH3 is 1. The van der Waals surface area contributed by atoms with E-state index in [9.17, 15) is 0 Å². The van der Waals surface area contributed by atoms with E-state index in [0.717, 1.165) is 45.3 Å². The predicted molar refractivity (Wildman–Crippen MR) is 112 cm³/mol. The van der Waals surface area contributed by atoms with Gasteiger partial charge >= 0.3 is 0 Å². The van der Waals surface area contributed by atoms with Crippen LogP contribution in [-0.4, -0.2) is 26.5 Å². The number of ether oxygens (including phenoxy) is 1. The molecular weight excluding hydrogens is 350 g/mol. The van der Waals surface area contributed by atoms with Crippen LogP contribution in [0.15, 0.2) is 36.7 Å². The zero-order valence-electron chi connectivity index (χ0n) is 16.3. The minimum Gasteiger partial charge on any atom is -0.495 e. The number of nitrogens with two attached hydrogens (primary N) is 1. The molecule has 1 fully saturated rings. The van der Waals surface area contributed by atoms with Gasteiger partial charge in [-0.2, -0.15) is 0 Å². The number of imidazole rings is 1. The van der Waals surface area contributed by atoms with Crippen molar-refractivity contribution >= 4 is 22.2 Å². The van der Waals surface area contributed by atoms with Gasteiger partial charge in [0.15, 0.2) is 0 Å². The van der Waals surface area contributed by atoms with Gasteiger partial charge in [0.25, 0.3) is 0 Å². The third kappa shape index (κ3) is 2.63. The molecule has 144 valence electrons. The number of nitrogen functional groups attached to an aromatic ring is 1. The molecule has 0 unspecified atom stereocenters. The highest BCUT2D eigenvalue weighted by Crippen LogP contribution is 2.39. The van der Waals surface area contributed by atoms with Crippen LogP contribution in [0.5, 0.6) is 5.75 Å². The Labute approximate surface area is 163 Å². The van der Waals surface area contributed by atoms with Crippen LogP contribution in [0.4, 0.5) is 5.82 Å². The molecule has 0 bridgehead atoms. The number of fused-ring (bicyclic) bond motifs is 2. The second-order valence-electron chi connectivity index (χ2n) is 7.91. The highest BCUT2D eigenvalue weighted by Gasteiger charge is 2.26. The average Bonchev–Trinajstić information content (AvgIpc) is 3.30. The lowest BCUT2D eigenvalue weighted by Crippen LogP contribution is -2.13. The summed E-state index contributed by atoms with van der Waals surface area (Å²) in [4.78, 5) is 12.9. The number of aromatic amines is 1.